The predicted molar refractivity (Wildman–Crippen MR) is 367 cm³/mol. The molecule has 6 saturated heterocycles. The molecular weight excluding hydrogens is 1430 g/mol. The number of carbonyl (C=O) groups is 3. The zero-order valence-corrected chi connectivity index (χ0v) is 62.3. The van der Waals surface area contributed by atoms with Gasteiger partial charge in [-0.2, -0.15) is 0 Å². The van der Waals surface area contributed by atoms with Crippen molar-refractivity contribution >= 4 is 23.9 Å². The molecular formula is C75H113NO32. The number of ether oxygens (including phenoxy) is 13. The molecule has 6 aliphatic heterocycles. The third-order valence-electron chi connectivity index (χ3n) is 26.8. The van der Waals surface area contributed by atoms with Gasteiger partial charge in [-0.1, -0.05) is 90.4 Å². The molecule has 0 bridgehead atoms. The van der Waals surface area contributed by atoms with Gasteiger partial charge in [-0.05, 0) is 109 Å². The smallest absolute Gasteiger partial charge is 0.331 e. The number of fused-ring (bicyclic) bond motifs is 7. The number of hydrogen-bond donors (Lipinski definition) is 17. The molecule has 0 aromatic heterocycles. The summed E-state index contributed by atoms with van der Waals surface area (Å²) in [6, 6.07) is 7.87. The molecule has 33 heteroatoms. The van der Waals surface area contributed by atoms with E-state index >= 15 is 4.79 Å². The van der Waals surface area contributed by atoms with Gasteiger partial charge in [-0.15, -0.1) is 0 Å². The second kappa shape index (κ2) is 32.4. The van der Waals surface area contributed by atoms with E-state index in [1.807, 2.05) is 44.2 Å². The molecule has 17 N–H and O–H groups in total. The van der Waals surface area contributed by atoms with E-state index in [1.165, 1.54) is 19.9 Å². The second-order valence-electron chi connectivity index (χ2n) is 34.0. The van der Waals surface area contributed by atoms with Gasteiger partial charge in [0, 0.05) is 24.8 Å². The number of allylic oxidation sites excluding steroid dienone is 2. The highest BCUT2D eigenvalue weighted by Crippen LogP contribution is 2.76. The molecule has 33 nitrogen and oxygen atoms in total. The van der Waals surface area contributed by atoms with Crippen molar-refractivity contribution in [1.82, 2.24) is 5.32 Å². The van der Waals surface area contributed by atoms with E-state index in [-0.39, 0.29) is 30.1 Å². The Kier molecular flexibility index (Phi) is 25.0. The topological polar surface area (TPSA) is 507 Å². The number of aliphatic hydroxyl groups excluding tert-OH is 16. The van der Waals surface area contributed by atoms with Gasteiger partial charge in [-0.3, -0.25) is 9.59 Å². The minimum absolute atomic E-state index is 0.00906. The van der Waals surface area contributed by atoms with Crippen molar-refractivity contribution in [2.24, 2.45) is 50.2 Å². The molecule has 5 aliphatic carbocycles. The average molecular weight is 1540 g/mol. The molecule has 1 aromatic rings. The van der Waals surface area contributed by atoms with Gasteiger partial charge in [-0.25, -0.2) is 4.79 Å². The lowest BCUT2D eigenvalue weighted by molar-refractivity contribution is -0.380. The monoisotopic (exact) mass is 1540 g/mol. The largest absolute Gasteiger partial charge is 0.459 e. The first-order valence-electron chi connectivity index (χ1n) is 37.8. The Balaban J connectivity index is 0.804. The normalized spacial score (nSPS) is 49.3. The summed E-state index contributed by atoms with van der Waals surface area (Å²) in [5, 5.41) is 178. The van der Waals surface area contributed by atoms with E-state index in [1.54, 1.807) is 6.08 Å². The zero-order chi connectivity index (χ0) is 78.4. The fourth-order valence-corrected chi connectivity index (χ4v) is 20.2. The van der Waals surface area contributed by atoms with Gasteiger partial charge in [0.1, 0.15) is 128 Å². The van der Waals surface area contributed by atoms with Crippen LogP contribution in [0.15, 0.2) is 48.1 Å². The number of nitrogens with one attached hydrogen (secondary N) is 1. The van der Waals surface area contributed by atoms with Gasteiger partial charge in [0.15, 0.2) is 37.6 Å². The molecule has 11 aliphatic rings. The Morgan fingerprint density at radius 2 is 1.14 bits per heavy atom. The van der Waals surface area contributed by atoms with Crippen LogP contribution in [0.1, 0.15) is 126 Å². The number of aliphatic hydroxyl groups is 16. The second-order valence-corrected chi connectivity index (χ2v) is 34.0. The minimum atomic E-state index is -2.04. The van der Waals surface area contributed by atoms with Crippen LogP contribution in [0.2, 0.25) is 0 Å². The Morgan fingerprint density at radius 1 is 0.546 bits per heavy atom. The lowest BCUT2D eigenvalue weighted by Crippen LogP contribution is -2.68. The third kappa shape index (κ3) is 15.3. The van der Waals surface area contributed by atoms with E-state index in [9.17, 15) is 91.3 Å². The van der Waals surface area contributed by atoms with Crippen LogP contribution < -0.4 is 5.32 Å². The molecule has 4 saturated carbocycles. The summed E-state index contributed by atoms with van der Waals surface area (Å²) >= 11 is 0. The Morgan fingerprint density at radius 3 is 1.81 bits per heavy atom. The number of rotatable bonds is 19. The standard InChI is InChI=1S/C75H113NO32/c1-32-48(83)60(105-65-58(93)55(90)51(86)39(27-77)100-65)59(94)66(99-32)107-62-56(91)52(87)40(28-78)101-68(62)108-69(95)75-24-23-73(8)35(36(75)25-70(3,4)45(26-75)103-46(82)18-15-34-13-11-10-12-14-34)16-17-43-72(7)21-20-44(71(5,6)42(72)19-22-74(43,73)9)104-63-47(76-33(2)79)54(89)53(88)41(102-63)31-98-67-61(50(85)38(81)30-97-67)106-64-57(92)49(84)37(80)29-96-64/h10-16,18,32,36-45,47-68,77-78,80-81,83-94H,17,19-31H2,1-9H3,(H,76,79)/b18-15+/t32-,36-,37+,38-,39+,40+,41+,42-,43+,44-,45-,47+,48-,49-,50-,51+,52+,53+,54+,55-,56-,57+,58+,59+,60+,61+,62+,63-,64-,65-,66-,67-,68-,72-,73+,74+,75+/m0/s1. The van der Waals surface area contributed by atoms with Gasteiger partial charge in [0.2, 0.25) is 12.2 Å². The fourth-order valence-electron chi connectivity index (χ4n) is 20.2. The lowest BCUT2D eigenvalue weighted by Gasteiger charge is -2.71. The van der Waals surface area contributed by atoms with Crippen molar-refractivity contribution in [1.29, 1.82) is 0 Å². The average Bonchev–Trinajstić information content (AvgIpc) is 0.673. The van der Waals surface area contributed by atoms with Crippen LogP contribution in [0.25, 0.3) is 6.08 Å². The Hall–Kier alpha value is -3.97. The molecule has 108 heavy (non-hydrogen) atoms. The molecule has 1 aromatic carbocycles. The number of carbonyl (C=O) groups excluding carboxylic acids is 3. The van der Waals surface area contributed by atoms with Gasteiger partial charge < -0.3 is 149 Å². The van der Waals surface area contributed by atoms with Crippen molar-refractivity contribution in [2.45, 2.75) is 304 Å². The predicted octanol–water partition coefficient (Wildman–Crippen LogP) is -2.70. The van der Waals surface area contributed by atoms with Crippen LogP contribution in [0.5, 0.6) is 0 Å². The van der Waals surface area contributed by atoms with E-state index in [0.29, 0.717) is 44.9 Å². The quantitative estimate of drug-likeness (QED) is 0.0290. The molecule has 610 valence electrons. The molecule has 6 heterocycles. The van der Waals surface area contributed by atoms with Crippen LogP contribution in [0.4, 0.5) is 0 Å². The molecule has 1 amide bonds. The fraction of sp³-hybridized carbons (Fsp3) is 0.827. The van der Waals surface area contributed by atoms with Crippen LogP contribution in [-0.2, 0) is 76.0 Å². The van der Waals surface area contributed by atoms with E-state index < -0.39 is 268 Å². The van der Waals surface area contributed by atoms with Crippen LogP contribution in [0.3, 0.4) is 0 Å². The molecule has 12 rings (SSSR count). The van der Waals surface area contributed by atoms with Crippen molar-refractivity contribution in [3.8, 4) is 0 Å². The maximum Gasteiger partial charge on any atom is 0.331 e. The molecule has 37 atom stereocenters. The van der Waals surface area contributed by atoms with Gasteiger partial charge in [0.25, 0.3) is 0 Å². The first kappa shape index (κ1) is 83.5. The van der Waals surface area contributed by atoms with Crippen molar-refractivity contribution < 1.29 is 158 Å². The van der Waals surface area contributed by atoms with Gasteiger partial charge >= 0.3 is 11.9 Å². The highest BCUT2D eigenvalue weighted by molar-refractivity contribution is 5.87. The van der Waals surface area contributed by atoms with Crippen molar-refractivity contribution in [3.63, 3.8) is 0 Å². The zero-order valence-electron chi connectivity index (χ0n) is 62.3. The highest BCUT2D eigenvalue weighted by atomic mass is 16.8. The summed E-state index contributed by atoms with van der Waals surface area (Å²) < 4.78 is 79.2. The SMILES string of the molecule is CC(=O)N[C@H]1[C@H](O[C@H]2CC[C@]3(C)[C@H]4CC=C5[C@@H]6CC(C)(C)[C@@H](OC(=O)/C=C/c7ccccc7)C[C@]6(C(=O)O[C@@H]6O[C@H](CO)[C@@H](O)[C@H](O)[C@H]6O[C@@H]6O[C@@H](C)[C@H](O)[C@@H](O[C@@H]7O[C@H](CO)[C@@H](O)[C@H](O)[C@H]7O)[C@H]6O)CC[C@@]5(C)[C@]4(C)CC[C@H]3C2(C)C)O[C@H](CO[C@@H]2OC[C@H](O)[C@H](O)[C@H]2O[C@@H]2OC[C@@H](O)[C@H](O)[C@H]2O)[C@@H](O)[C@@H]1O. The minimum Gasteiger partial charge on any atom is -0.459 e. The lowest BCUT2D eigenvalue weighted by atomic mass is 9.33. The van der Waals surface area contributed by atoms with E-state index in [2.05, 4.69) is 46.0 Å². The van der Waals surface area contributed by atoms with Crippen molar-refractivity contribution in [2.75, 3.05) is 33.0 Å². The van der Waals surface area contributed by atoms with E-state index in [0.717, 1.165) is 11.1 Å². The number of esters is 2. The summed E-state index contributed by atoms with van der Waals surface area (Å²) in [5.74, 6) is -2.61. The molecule has 0 radical (unpaired) electrons. The summed E-state index contributed by atoms with van der Waals surface area (Å²) in [7, 11) is 0. The molecule has 0 spiro atoms. The molecule has 0 unspecified atom stereocenters. The maximum atomic E-state index is 16.2. The summed E-state index contributed by atoms with van der Waals surface area (Å²) in [5.41, 5.74) is -2.56. The van der Waals surface area contributed by atoms with E-state index in [4.69, 9.17) is 61.6 Å². The van der Waals surface area contributed by atoms with Crippen LogP contribution in [-0.4, -0.2) is 317 Å². The van der Waals surface area contributed by atoms with Crippen LogP contribution >= 0.6 is 0 Å². The number of amides is 1. The first-order valence-corrected chi connectivity index (χ1v) is 37.8. The highest BCUT2D eigenvalue weighted by Gasteiger charge is 2.72. The molecule has 10 fully saturated rings. The first-order chi connectivity index (χ1) is 50.8. The third-order valence-corrected chi connectivity index (χ3v) is 26.8. The van der Waals surface area contributed by atoms with Gasteiger partial charge in [0.05, 0.1) is 50.7 Å². The van der Waals surface area contributed by atoms with Crippen LogP contribution in [0, 0.1) is 50.2 Å². The summed E-state index contributed by atoms with van der Waals surface area (Å²) in [4.78, 5) is 43.2. The summed E-state index contributed by atoms with van der Waals surface area (Å²) in [6.45, 7) is 14.7. The Bertz CT molecular complexity index is 3330. The maximum absolute atomic E-state index is 16.2. The number of benzene rings is 1. The number of hydrogen-bond acceptors (Lipinski definition) is 32. The van der Waals surface area contributed by atoms with Crippen molar-refractivity contribution in [3.05, 3.63) is 53.6 Å². The Labute approximate surface area is 625 Å². The summed E-state index contributed by atoms with van der Waals surface area (Å²) in [6.07, 6.45) is -38.0.